The van der Waals surface area contributed by atoms with Gasteiger partial charge in [-0.1, -0.05) is 20.8 Å². The van der Waals surface area contributed by atoms with Crippen LogP contribution in [0.15, 0.2) is 12.1 Å². The zero-order valence-electron chi connectivity index (χ0n) is 16.2. The van der Waals surface area contributed by atoms with Gasteiger partial charge >= 0.3 is 6.03 Å². The summed E-state index contributed by atoms with van der Waals surface area (Å²) in [4.78, 5) is 17.0. The fraction of sp³-hybridized carbons (Fsp3) is 0.737. The second kappa shape index (κ2) is 8.31. The van der Waals surface area contributed by atoms with Crippen LogP contribution in [0.4, 0.5) is 10.6 Å². The summed E-state index contributed by atoms with van der Waals surface area (Å²) in [7, 11) is 0. The van der Waals surface area contributed by atoms with Crippen LogP contribution < -0.4 is 5.32 Å². The maximum atomic E-state index is 12.6. The van der Waals surface area contributed by atoms with E-state index in [2.05, 4.69) is 41.2 Å². The average Bonchev–Trinajstić information content (AvgIpc) is 2.62. The molecule has 3 rings (SSSR count). The van der Waals surface area contributed by atoms with Crippen LogP contribution >= 0.6 is 0 Å². The molecule has 0 spiro atoms. The lowest BCUT2D eigenvalue weighted by molar-refractivity contribution is 0.0252. The number of likely N-dealkylation sites (tertiary alicyclic amines) is 1. The van der Waals surface area contributed by atoms with Gasteiger partial charge in [-0.05, 0) is 30.9 Å². The molecule has 0 saturated carbocycles. The highest BCUT2D eigenvalue weighted by Gasteiger charge is 2.26. The van der Waals surface area contributed by atoms with Crippen molar-refractivity contribution in [2.45, 2.75) is 39.0 Å². The molecule has 0 unspecified atom stereocenters. The van der Waals surface area contributed by atoms with Crippen LogP contribution in [0.25, 0.3) is 0 Å². The smallest absolute Gasteiger partial charge is 0.323 e. The van der Waals surface area contributed by atoms with E-state index < -0.39 is 0 Å². The number of rotatable bonds is 3. The minimum absolute atomic E-state index is 0.0465. The third kappa shape index (κ3) is 5.14. The standard InChI is InChI=1S/C19H31N5O2/c1-19(2,3)16-6-7-17(22-21-16)20-18(25)24-8-4-5-15(14-24)13-23-9-11-26-12-10-23/h6-7,15H,4-5,8-14H2,1-3H3,(H,20,22,25)/t15-/m1/s1. The predicted octanol–water partition coefficient (Wildman–Crippen LogP) is 2.35. The van der Waals surface area contributed by atoms with Crippen LogP contribution in [0, 0.1) is 5.92 Å². The van der Waals surface area contributed by atoms with Gasteiger partial charge in [0.2, 0.25) is 0 Å². The highest BCUT2D eigenvalue weighted by molar-refractivity contribution is 5.88. The van der Waals surface area contributed by atoms with Crippen molar-refractivity contribution in [3.8, 4) is 0 Å². The van der Waals surface area contributed by atoms with Crippen LogP contribution in [0.5, 0.6) is 0 Å². The number of nitrogens with zero attached hydrogens (tertiary/aromatic N) is 4. The molecule has 7 nitrogen and oxygen atoms in total. The number of hydrogen-bond donors (Lipinski definition) is 1. The first-order valence-electron chi connectivity index (χ1n) is 9.62. The Morgan fingerprint density at radius 1 is 1.23 bits per heavy atom. The molecular weight excluding hydrogens is 330 g/mol. The van der Waals surface area contributed by atoms with E-state index in [1.165, 1.54) is 6.42 Å². The van der Waals surface area contributed by atoms with Gasteiger partial charge in [-0.2, -0.15) is 5.10 Å². The summed E-state index contributed by atoms with van der Waals surface area (Å²) in [5, 5.41) is 11.3. The molecule has 1 aromatic heterocycles. The Balaban J connectivity index is 1.52. The van der Waals surface area contributed by atoms with E-state index in [1.807, 2.05) is 17.0 Å². The second-order valence-corrected chi connectivity index (χ2v) is 8.35. The van der Waals surface area contributed by atoms with Gasteiger partial charge in [0.1, 0.15) is 0 Å². The van der Waals surface area contributed by atoms with Crippen LogP contribution in [0.1, 0.15) is 39.3 Å². The molecule has 26 heavy (non-hydrogen) atoms. The quantitative estimate of drug-likeness (QED) is 0.895. The molecule has 0 aliphatic carbocycles. The van der Waals surface area contributed by atoms with Gasteiger partial charge in [0.25, 0.3) is 0 Å². The molecule has 7 heteroatoms. The van der Waals surface area contributed by atoms with Gasteiger partial charge in [-0.25, -0.2) is 4.79 Å². The van der Waals surface area contributed by atoms with Gasteiger partial charge in [-0.3, -0.25) is 10.2 Å². The van der Waals surface area contributed by atoms with Crippen molar-refractivity contribution in [2.75, 3.05) is 51.3 Å². The summed E-state index contributed by atoms with van der Waals surface area (Å²) in [6.07, 6.45) is 2.23. The number of hydrogen-bond acceptors (Lipinski definition) is 5. The zero-order valence-corrected chi connectivity index (χ0v) is 16.2. The third-order valence-corrected chi connectivity index (χ3v) is 5.09. The average molecular weight is 361 g/mol. The highest BCUT2D eigenvalue weighted by Crippen LogP contribution is 2.21. The lowest BCUT2D eigenvalue weighted by atomic mass is 9.92. The molecule has 0 radical (unpaired) electrons. The van der Waals surface area contributed by atoms with Crippen molar-refractivity contribution < 1.29 is 9.53 Å². The number of nitrogens with one attached hydrogen (secondary N) is 1. The Bertz CT molecular complexity index is 593. The molecule has 2 amide bonds. The number of piperidine rings is 1. The van der Waals surface area contributed by atoms with E-state index in [0.29, 0.717) is 11.7 Å². The number of ether oxygens (including phenoxy) is 1. The number of morpholine rings is 1. The van der Waals surface area contributed by atoms with Crippen LogP contribution in [-0.2, 0) is 10.2 Å². The molecule has 1 aromatic rings. The fourth-order valence-electron chi connectivity index (χ4n) is 3.53. The third-order valence-electron chi connectivity index (χ3n) is 5.09. The van der Waals surface area contributed by atoms with Crippen LogP contribution in [-0.4, -0.2) is 72.0 Å². The molecule has 0 bridgehead atoms. The Kier molecular flexibility index (Phi) is 6.09. The SMILES string of the molecule is CC(C)(C)c1ccc(NC(=O)N2CCC[C@H](CN3CCOCC3)C2)nn1. The molecule has 144 valence electrons. The second-order valence-electron chi connectivity index (χ2n) is 8.35. The van der Waals surface area contributed by atoms with Gasteiger partial charge in [0.15, 0.2) is 5.82 Å². The largest absolute Gasteiger partial charge is 0.379 e. The highest BCUT2D eigenvalue weighted by atomic mass is 16.5. The van der Waals surface area contributed by atoms with Gasteiger partial charge in [-0.15, -0.1) is 5.10 Å². The lowest BCUT2D eigenvalue weighted by Crippen LogP contribution is -2.47. The van der Waals surface area contributed by atoms with E-state index in [-0.39, 0.29) is 11.4 Å². The van der Waals surface area contributed by atoms with Crippen LogP contribution in [0.3, 0.4) is 0 Å². The number of aromatic nitrogens is 2. The maximum absolute atomic E-state index is 12.6. The summed E-state index contributed by atoms with van der Waals surface area (Å²) in [6, 6.07) is 3.69. The van der Waals surface area contributed by atoms with Gasteiger partial charge in [0.05, 0.1) is 18.9 Å². The first-order chi connectivity index (χ1) is 12.4. The Morgan fingerprint density at radius 2 is 2.00 bits per heavy atom. The molecular formula is C19H31N5O2. The van der Waals surface area contributed by atoms with Crippen molar-refractivity contribution in [1.29, 1.82) is 0 Å². The summed E-state index contributed by atoms with van der Waals surface area (Å²) in [6.45, 7) is 12.6. The molecule has 2 saturated heterocycles. The van der Waals surface area contributed by atoms with Gasteiger partial charge < -0.3 is 9.64 Å². The van der Waals surface area contributed by atoms with Crippen molar-refractivity contribution in [2.24, 2.45) is 5.92 Å². The van der Waals surface area contributed by atoms with E-state index in [9.17, 15) is 4.79 Å². The normalized spacial score (nSPS) is 22.3. The minimum atomic E-state index is -0.0745. The molecule has 1 atom stereocenters. The minimum Gasteiger partial charge on any atom is -0.379 e. The van der Waals surface area contributed by atoms with E-state index >= 15 is 0 Å². The zero-order chi connectivity index (χ0) is 18.6. The molecule has 2 fully saturated rings. The fourth-order valence-corrected chi connectivity index (χ4v) is 3.53. The van der Waals surface area contributed by atoms with E-state index in [1.54, 1.807) is 0 Å². The Hall–Kier alpha value is -1.73. The number of carbonyl (C=O) groups excluding carboxylic acids is 1. The maximum Gasteiger partial charge on any atom is 0.323 e. The molecule has 2 aliphatic rings. The number of anilines is 1. The summed E-state index contributed by atoms with van der Waals surface area (Å²) < 4.78 is 5.41. The van der Waals surface area contributed by atoms with Crippen molar-refractivity contribution in [1.82, 2.24) is 20.0 Å². The molecule has 2 aliphatic heterocycles. The van der Waals surface area contributed by atoms with E-state index in [0.717, 1.165) is 58.1 Å². The summed E-state index contributed by atoms with van der Waals surface area (Å²) in [5.41, 5.74) is 0.869. The lowest BCUT2D eigenvalue weighted by Gasteiger charge is -2.36. The van der Waals surface area contributed by atoms with Crippen molar-refractivity contribution in [3.63, 3.8) is 0 Å². The monoisotopic (exact) mass is 361 g/mol. The predicted molar refractivity (Wildman–Crippen MR) is 101 cm³/mol. The first-order valence-corrected chi connectivity index (χ1v) is 9.62. The molecule has 1 N–H and O–H groups in total. The number of urea groups is 1. The number of amides is 2. The van der Waals surface area contributed by atoms with E-state index in [4.69, 9.17) is 4.74 Å². The topological polar surface area (TPSA) is 70.6 Å². The molecule has 0 aromatic carbocycles. The van der Waals surface area contributed by atoms with Gasteiger partial charge in [0, 0.05) is 38.1 Å². The summed E-state index contributed by atoms with van der Waals surface area (Å²) in [5.74, 6) is 1.04. The summed E-state index contributed by atoms with van der Waals surface area (Å²) >= 11 is 0. The Morgan fingerprint density at radius 3 is 2.65 bits per heavy atom. The van der Waals surface area contributed by atoms with Crippen LogP contribution in [0.2, 0.25) is 0 Å². The Labute approximate surface area is 156 Å². The number of carbonyl (C=O) groups is 1. The van der Waals surface area contributed by atoms with Crippen molar-refractivity contribution in [3.05, 3.63) is 17.8 Å². The van der Waals surface area contributed by atoms with Crippen molar-refractivity contribution >= 4 is 11.8 Å². The molecule has 3 heterocycles. The first kappa shape index (κ1) is 19.0.